The number of hydrogen-bond donors (Lipinski definition) is 1. The minimum absolute atomic E-state index is 0.112. The minimum atomic E-state index is -0.421. The number of fused-ring (bicyclic) bond motifs is 1. The normalized spacial score (nSPS) is 10.6. The highest BCUT2D eigenvalue weighted by Crippen LogP contribution is 2.18. The first-order chi connectivity index (χ1) is 12.0. The smallest absolute Gasteiger partial charge is 0.336 e. The Morgan fingerprint density at radius 1 is 1.12 bits per heavy atom. The molecule has 128 valence electrons. The Kier molecular flexibility index (Phi) is 4.84. The fourth-order valence-electron chi connectivity index (χ4n) is 2.67. The van der Waals surface area contributed by atoms with E-state index in [4.69, 9.17) is 9.15 Å². The Bertz CT molecular complexity index is 958. The fourth-order valence-corrected chi connectivity index (χ4v) is 2.67. The zero-order valence-corrected chi connectivity index (χ0v) is 14.2. The van der Waals surface area contributed by atoms with Gasteiger partial charge in [0.25, 0.3) is 0 Å². The maximum atomic E-state index is 12.2. The number of aryl methyl sites for hydroxylation is 1. The third kappa shape index (κ3) is 4.07. The number of methoxy groups -OCH3 is 1. The summed E-state index contributed by atoms with van der Waals surface area (Å²) in [4.78, 5) is 23.9. The van der Waals surface area contributed by atoms with Crippen LogP contribution < -0.4 is 15.7 Å². The molecule has 2 aromatic carbocycles. The van der Waals surface area contributed by atoms with Crippen LogP contribution in [0.25, 0.3) is 11.0 Å². The molecule has 1 aromatic heterocycles. The average molecular weight is 337 g/mol. The van der Waals surface area contributed by atoms with Gasteiger partial charge in [0.1, 0.15) is 11.3 Å². The quantitative estimate of drug-likeness (QED) is 0.727. The van der Waals surface area contributed by atoms with E-state index in [2.05, 4.69) is 5.32 Å². The molecule has 0 atom stereocenters. The third-order valence-electron chi connectivity index (χ3n) is 3.98. The first-order valence-corrected chi connectivity index (χ1v) is 7.98. The van der Waals surface area contributed by atoms with Gasteiger partial charge in [0.2, 0.25) is 5.91 Å². The van der Waals surface area contributed by atoms with Gasteiger partial charge in [-0.3, -0.25) is 4.79 Å². The number of carbonyl (C=O) groups is 1. The molecule has 0 spiro atoms. The van der Waals surface area contributed by atoms with E-state index in [1.165, 1.54) is 6.07 Å². The highest BCUT2D eigenvalue weighted by Gasteiger charge is 2.08. The van der Waals surface area contributed by atoms with Crippen LogP contribution in [0.1, 0.15) is 16.7 Å². The molecule has 1 N–H and O–H groups in total. The molecule has 0 radical (unpaired) electrons. The summed E-state index contributed by atoms with van der Waals surface area (Å²) >= 11 is 0. The molecule has 0 fully saturated rings. The first-order valence-electron chi connectivity index (χ1n) is 7.98. The highest BCUT2D eigenvalue weighted by molar-refractivity contribution is 5.82. The van der Waals surface area contributed by atoms with Crippen molar-refractivity contribution in [3.8, 4) is 5.75 Å². The van der Waals surface area contributed by atoms with Gasteiger partial charge in [0, 0.05) is 18.0 Å². The Hall–Kier alpha value is -3.08. The largest absolute Gasteiger partial charge is 0.497 e. The summed E-state index contributed by atoms with van der Waals surface area (Å²) < 4.78 is 10.3. The molecule has 0 unspecified atom stereocenters. The molecule has 1 amide bonds. The van der Waals surface area contributed by atoms with Crippen LogP contribution in [-0.2, 0) is 17.8 Å². The van der Waals surface area contributed by atoms with Crippen molar-refractivity contribution in [3.63, 3.8) is 0 Å². The molecule has 0 aliphatic carbocycles. The summed E-state index contributed by atoms with van der Waals surface area (Å²) in [6.45, 7) is 2.25. The van der Waals surface area contributed by atoms with Crippen LogP contribution in [0.5, 0.6) is 5.75 Å². The lowest BCUT2D eigenvalue weighted by Gasteiger charge is -2.09. The number of ether oxygens (including phenoxy) is 1. The van der Waals surface area contributed by atoms with Crippen molar-refractivity contribution >= 4 is 16.9 Å². The fraction of sp³-hybridized carbons (Fsp3) is 0.200. The SMILES string of the molecule is COc1ccc(CC(=O)NCc2cc(=O)oc3ccc(C)cc23)cc1. The first kappa shape index (κ1) is 16.8. The van der Waals surface area contributed by atoms with Crippen molar-refractivity contribution < 1.29 is 13.9 Å². The molecule has 3 rings (SSSR count). The molecule has 0 bridgehead atoms. The van der Waals surface area contributed by atoms with Crippen LogP contribution in [-0.4, -0.2) is 13.0 Å². The van der Waals surface area contributed by atoms with Gasteiger partial charge in [-0.15, -0.1) is 0 Å². The second kappa shape index (κ2) is 7.21. The van der Waals surface area contributed by atoms with E-state index >= 15 is 0 Å². The van der Waals surface area contributed by atoms with E-state index in [0.717, 1.165) is 27.8 Å². The van der Waals surface area contributed by atoms with Gasteiger partial charge in [-0.2, -0.15) is 0 Å². The molecule has 0 aliphatic rings. The zero-order valence-electron chi connectivity index (χ0n) is 14.2. The summed E-state index contributed by atoms with van der Waals surface area (Å²) in [6, 6.07) is 14.4. The van der Waals surface area contributed by atoms with Crippen LogP contribution in [0.3, 0.4) is 0 Å². The van der Waals surface area contributed by atoms with Gasteiger partial charge >= 0.3 is 5.63 Å². The van der Waals surface area contributed by atoms with Gasteiger partial charge in [-0.1, -0.05) is 23.8 Å². The lowest BCUT2D eigenvalue weighted by atomic mass is 10.1. The van der Waals surface area contributed by atoms with Crippen LogP contribution in [0.15, 0.2) is 57.7 Å². The summed E-state index contributed by atoms with van der Waals surface area (Å²) in [7, 11) is 1.60. The number of carbonyl (C=O) groups excluding carboxylic acids is 1. The van der Waals surface area contributed by atoms with Gasteiger partial charge in [-0.25, -0.2) is 4.79 Å². The minimum Gasteiger partial charge on any atom is -0.497 e. The number of rotatable bonds is 5. The molecular formula is C20H19NO4. The molecule has 5 heteroatoms. The van der Waals surface area contributed by atoms with Crippen molar-refractivity contribution in [1.82, 2.24) is 5.32 Å². The number of nitrogens with one attached hydrogen (secondary N) is 1. The Labute approximate surface area is 145 Å². The van der Waals surface area contributed by atoms with E-state index in [1.54, 1.807) is 13.2 Å². The Balaban J connectivity index is 1.72. The van der Waals surface area contributed by atoms with Crippen molar-refractivity contribution in [3.05, 3.63) is 75.6 Å². The van der Waals surface area contributed by atoms with Gasteiger partial charge < -0.3 is 14.5 Å². The van der Waals surface area contributed by atoms with Crippen LogP contribution >= 0.6 is 0 Å². The molecule has 5 nitrogen and oxygen atoms in total. The molecule has 1 heterocycles. The lowest BCUT2D eigenvalue weighted by Crippen LogP contribution is -2.25. The zero-order chi connectivity index (χ0) is 17.8. The van der Waals surface area contributed by atoms with E-state index in [9.17, 15) is 9.59 Å². The highest BCUT2D eigenvalue weighted by atomic mass is 16.5. The predicted octanol–water partition coefficient (Wildman–Crippen LogP) is 2.97. The van der Waals surface area contributed by atoms with Crippen LogP contribution in [0.4, 0.5) is 0 Å². The lowest BCUT2D eigenvalue weighted by molar-refractivity contribution is -0.120. The molecular weight excluding hydrogens is 318 g/mol. The summed E-state index contributed by atoms with van der Waals surface area (Å²) in [5.41, 5.74) is 2.81. The Morgan fingerprint density at radius 2 is 1.88 bits per heavy atom. The number of hydrogen-bond acceptors (Lipinski definition) is 4. The molecule has 0 aliphatic heterocycles. The van der Waals surface area contributed by atoms with Crippen molar-refractivity contribution in [2.45, 2.75) is 19.9 Å². The monoisotopic (exact) mass is 337 g/mol. The maximum Gasteiger partial charge on any atom is 0.336 e. The maximum absolute atomic E-state index is 12.2. The molecule has 0 saturated heterocycles. The topological polar surface area (TPSA) is 68.5 Å². The van der Waals surface area contributed by atoms with Crippen molar-refractivity contribution in [2.75, 3.05) is 7.11 Å². The van der Waals surface area contributed by atoms with E-state index in [0.29, 0.717) is 5.58 Å². The Morgan fingerprint density at radius 3 is 2.60 bits per heavy atom. The summed E-state index contributed by atoms with van der Waals surface area (Å²) in [5.74, 6) is 0.640. The summed E-state index contributed by atoms with van der Waals surface area (Å²) in [6.07, 6.45) is 0.266. The average Bonchev–Trinajstić information content (AvgIpc) is 2.61. The van der Waals surface area contributed by atoms with Crippen LogP contribution in [0, 0.1) is 6.92 Å². The van der Waals surface area contributed by atoms with Gasteiger partial charge in [0.05, 0.1) is 13.5 Å². The van der Waals surface area contributed by atoms with Gasteiger partial charge in [-0.05, 0) is 42.3 Å². The number of amides is 1. The molecule has 3 aromatic rings. The second-order valence-corrected chi connectivity index (χ2v) is 5.89. The van der Waals surface area contributed by atoms with Crippen molar-refractivity contribution in [1.29, 1.82) is 0 Å². The molecule has 0 saturated carbocycles. The standard InChI is InChI=1S/C20H19NO4/c1-13-3-8-18-17(9-13)15(11-20(23)25-18)12-21-19(22)10-14-4-6-16(24-2)7-5-14/h3-9,11H,10,12H2,1-2H3,(H,21,22). The number of benzene rings is 2. The van der Waals surface area contributed by atoms with E-state index < -0.39 is 5.63 Å². The van der Waals surface area contributed by atoms with E-state index in [1.807, 2.05) is 43.3 Å². The van der Waals surface area contributed by atoms with Crippen molar-refractivity contribution in [2.24, 2.45) is 0 Å². The predicted molar refractivity (Wildman–Crippen MR) is 95.8 cm³/mol. The van der Waals surface area contributed by atoms with Gasteiger partial charge in [0.15, 0.2) is 0 Å². The second-order valence-electron chi connectivity index (χ2n) is 5.89. The third-order valence-corrected chi connectivity index (χ3v) is 3.98. The molecule has 25 heavy (non-hydrogen) atoms. The van der Waals surface area contributed by atoms with E-state index in [-0.39, 0.29) is 18.9 Å². The van der Waals surface area contributed by atoms with Crippen LogP contribution in [0.2, 0.25) is 0 Å². The summed E-state index contributed by atoms with van der Waals surface area (Å²) in [5, 5.41) is 3.70.